The van der Waals surface area contributed by atoms with Crippen LogP contribution < -0.4 is 20.1 Å². The number of piperazine rings is 1. The lowest BCUT2D eigenvalue weighted by Crippen LogP contribution is -2.57. The lowest BCUT2D eigenvalue weighted by molar-refractivity contribution is -0.183. The molecule has 0 aliphatic carbocycles. The second-order valence-electron chi connectivity index (χ2n) is 5.88. The molecule has 1 aromatic rings. The monoisotopic (exact) mass is 359 g/mol. The van der Waals surface area contributed by atoms with Crippen molar-refractivity contribution in [2.45, 2.75) is 12.2 Å². The summed E-state index contributed by atoms with van der Waals surface area (Å²) in [5.41, 5.74) is 0.179. The third-order valence-corrected chi connectivity index (χ3v) is 4.24. The molecule has 1 aromatic carbocycles. The molecule has 1 atom stereocenters. The molecule has 2 heterocycles. The maximum Gasteiger partial charge on any atom is 0.405 e. The lowest BCUT2D eigenvalue weighted by Gasteiger charge is -2.36. The molecular formula is C16H20F3N3O3. The van der Waals surface area contributed by atoms with Crippen molar-refractivity contribution < 1.29 is 27.4 Å². The largest absolute Gasteiger partial charge is 0.486 e. The summed E-state index contributed by atoms with van der Waals surface area (Å²) in [7, 11) is 0. The van der Waals surface area contributed by atoms with Gasteiger partial charge < -0.3 is 20.1 Å². The molecule has 2 N–H and O–H groups in total. The van der Waals surface area contributed by atoms with Gasteiger partial charge >= 0.3 is 6.18 Å². The van der Waals surface area contributed by atoms with Gasteiger partial charge in [-0.1, -0.05) is 6.07 Å². The van der Waals surface area contributed by atoms with E-state index < -0.39 is 24.7 Å². The highest BCUT2D eigenvalue weighted by Crippen LogP contribution is 2.33. The quantitative estimate of drug-likeness (QED) is 0.841. The fraction of sp³-hybridized carbons (Fsp3) is 0.562. The van der Waals surface area contributed by atoms with Crippen molar-refractivity contribution >= 4 is 5.91 Å². The number of nitrogens with one attached hydrogen (secondary N) is 2. The van der Waals surface area contributed by atoms with Gasteiger partial charge in [-0.3, -0.25) is 9.69 Å². The number of amides is 1. The Kier molecular flexibility index (Phi) is 5.33. The van der Waals surface area contributed by atoms with E-state index in [1.807, 2.05) is 0 Å². The summed E-state index contributed by atoms with van der Waals surface area (Å²) in [6.07, 6.45) is -4.42. The van der Waals surface area contributed by atoms with E-state index in [4.69, 9.17) is 9.47 Å². The van der Waals surface area contributed by atoms with Crippen molar-refractivity contribution in [1.29, 1.82) is 0 Å². The van der Waals surface area contributed by atoms with Crippen LogP contribution in [0.15, 0.2) is 18.2 Å². The number of ether oxygens (including phenoxy) is 2. The van der Waals surface area contributed by atoms with Crippen LogP contribution in [-0.2, 0) is 0 Å². The van der Waals surface area contributed by atoms with Crippen LogP contribution in [-0.4, -0.2) is 69.0 Å². The Hall–Kier alpha value is -2.00. The van der Waals surface area contributed by atoms with Gasteiger partial charge in [0.2, 0.25) is 0 Å². The van der Waals surface area contributed by atoms with Crippen LogP contribution >= 0.6 is 0 Å². The number of carbonyl (C=O) groups excluding carboxylic acids is 1. The molecule has 0 aromatic heterocycles. The van der Waals surface area contributed by atoms with Crippen LogP contribution in [0.1, 0.15) is 10.4 Å². The minimum atomic E-state index is -4.42. The molecule has 0 bridgehead atoms. The fourth-order valence-corrected chi connectivity index (χ4v) is 2.98. The Morgan fingerprint density at radius 2 is 1.96 bits per heavy atom. The number of hydrogen-bond donors (Lipinski definition) is 2. The number of hydrogen-bond acceptors (Lipinski definition) is 5. The lowest BCUT2D eigenvalue weighted by atomic mass is 10.1. The van der Waals surface area contributed by atoms with Gasteiger partial charge in [-0.15, -0.1) is 0 Å². The first-order chi connectivity index (χ1) is 12.0. The summed E-state index contributed by atoms with van der Waals surface area (Å²) in [5.74, 6) is 0.0945. The minimum Gasteiger partial charge on any atom is -0.486 e. The van der Waals surface area contributed by atoms with E-state index in [1.165, 1.54) is 11.0 Å². The zero-order chi connectivity index (χ0) is 17.9. The highest BCUT2D eigenvalue weighted by atomic mass is 19.4. The van der Waals surface area contributed by atoms with Gasteiger partial charge in [0, 0.05) is 32.7 Å². The molecule has 0 spiro atoms. The topological polar surface area (TPSA) is 62.8 Å². The van der Waals surface area contributed by atoms with E-state index in [9.17, 15) is 18.0 Å². The van der Waals surface area contributed by atoms with E-state index >= 15 is 0 Å². The maximum absolute atomic E-state index is 13.4. The number of nitrogens with zero attached hydrogens (tertiary/aromatic N) is 1. The molecule has 138 valence electrons. The van der Waals surface area contributed by atoms with Gasteiger partial charge in [-0.2, -0.15) is 13.2 Å². The third kappa shape index (κ3) is 4.16. The van der Waals surface area contributed by atoms with Crippen LogP contribution in [0, 0.1) is 0 Å². The SMILES string of the molecule is O=C(NCC(N1CCNCC1)C(F)(F)F)c1cccc2c1OCCO2. The normalized spacial score (nSPS) is 19.3. The number of fused-ring (bicyclic) bond motifs is 1. The van der Waals surface area contributed by atoms with Crippen molar-refractivity contribution in [3.63, 3.8) is 0 Å². The minimum absolute atomic E-state index is 0.179. The number of alkyl halides is 3. The molecule has 1 fully saturated rings. The summed E-state index contributed by atoms with van der Waals surface area (Å²) in [5, 5.41) is 5.42. The molecule has 1 saturated heterocycles. The molecule has 3 rings (SSSR count). The smallest absolute Gasteiger partial charge is 0.405 e. The number of carbonyl (C=O) groups is 1. The van der Waals surface area contributed by atoms with Crippen LogP contribution in [0.4, 0.5) is 13.2 Å². The highest BCUT2D eigenvalue weighted by Gasteiger charge is 2.44. The van der Waals surface area contributed by atoms with Gasteiger partial charge in [0.1, 0.15) is 19.3 Å². The molecule has 1 unspecified atom stereocenters. The Labute approximate surface area is 143 Å². The highest BCUT2D eigenvalue weighted by molar-refractivity contribution is 5.97. The van der Waals surface area contributed by atoms with Gasteiger partial charge in [0.05, 0.1) is 5.56 Å². The Bertz CT molecular complexity index is 618. The van der Waals surface area contributed by atoms with E-state index in [0.717, 1.165) is 0 Å². The zero-order valence-corrected chi connectivity index (χ0v) is 13.6. The van der Waals surface area contributed by atoms with E-state index in [2.05, 4.69) is 10.6 Å². The van der Waals surface area contributed by atoms with Gasteiger partial charge in [0.15, 0.2) is 11.5 Å². The Morgan fingerprint density at radius 3 is 2.68 bits per heavy atom. The molecular weight excluding hydrogens is 339 g/mol. The molecule has 1 amide bonds. The third-order valence-electron chi connectivity index (χ3n) is 4.24. The Balaban J connectivity index is 1.69. The first-order valence-corrected chi connectivity index (χ1v) is 8.15. The van der Waals surface area contributed by atoms with Crippen molar-refractivity contribution in [2.24, 2.45) is 0 Å². The second kappa shape index (κ2) is 7.49. The van der Waals surface area contributed by atoms with Crippen molar-refractivity contribution in [3.8, 4) is 11.5 Å². The second-order valence-corrected chi connectivity index (χ2v) is 5.88. The van der Waals surface area contributed by atoms with E-state index in [0.29, 0.717) is 32.1 Å². The molecule has 6 nitrogen and oxygen atoms in total. The predicted molar refractivity (Wildman–Crippen MR) is 84.1 cm³/mol. The summed E-state index contributed by atoms with van der Waals surface area (Å²) in [6.45, 7) is 1.73. The van der Waals surface area contributed by atoms with E-state index in [1.54, 1.807) is 12.1 Å². The van der Waals surface area contributed by atoms with Crippen LogP contribution in [0.3, 0.4) is 0 Å². The maximum atomic E-state index is 13.4. The zero-order valence-electron chi connectivity index (χ0n) is 13.6. The van der Waals surface area contributed by atoms with Gasteiger partial charge in [-0.05, 0) is 12.1 Å². The van der Waals surface area contributed by atoms with Crippen molar-refractivity contribution in [1.82, 2.24) is 15.5 Å². The average molecular weight is 359 g/mol. The van der Waals surface area contributed by atoms with Crippen molar-refractivity contribution in [3.05, 3.63) is 23.8 Å². The van der Waals surface area contributed by atoms with Crippen LogP contribution in [0.25, 0.3) is 0 Å². The molecule has 0 radical (unpaired) electrons. The summed E-state index contributed by atoms with van der Waals surface area (Å²) >= 11 is 0. The summed E-state index contributed by atoms with van der Waals surface area (Å²) < 4.78 is 50.9. The van der Waals surface area contributed by atoms with Gasteiger partial charge in [0.25, 0.3) is 5.91 Å². The van der Waals surface area contributed by atoms with E-state index in [-0.39, 0.29) is 24.4 Å². The summed E-state index contributed by atoms with van der Waals surface area (Å²) in [6, 6.07) is 3.07. The molecule has 9 heteroatoms. The van der Waals surface area contributed by atoms with Gasteiger partial charge in [-0.25, -0.2) is 0 Å². The Morgan fingerprint density at radius 1 is 1.24 bits per heavy atom. The van der Waals surface area contributed by atoms with Crippen LogP contribution in [0.5, 0.6) is 11.5 Å². The number of para-hydroxylation sites is 1. The first kappa shape index (κ1) is 17.8. The van der Waals surface area contributed by atoms with Crippen molar-refractivity contribution in [2.75, 3.05) is 45.9 Å². The molecule has 0 saturated carbocycles. The number of halogens is 3. The molecule has 2 aliphatic rings. The summed E-state index contributed by atoms with van der Waals surface area (Å²) in [4.78, 5) is 13.7. The number of benzene rings is 1. The predicted octanol–water partition coefficient (Wildman–Crippen LogP) is 1.02. The fourth-order valence-electron chi connectivity index (χ4n) is 2.98. The average Bonchev–Trinajstić information content (AvgIpc) is 2.61. The van der Waals surface area contributed by atoms with Crippen LogP contribution in [0.2, 0.25) is 0 Å². The first-order valence-electron chi connectivity index (χ1n) is 8.15. The number of rotatable bonds is 4. The molecule has 2 aliphatic heterocycles. The standard InChI is InChI=1S/C16H20F3N3O3/c17-16(18,19)13(22-6-4-20-5-7-22)10-21-15(23)11-2-1-3-12-14(11)25-9-8-24-12/h1-3,13,20H,4-10H2,(H,21,23). The molecule has 25 heavy (non-hydrogen) atoms.